The van der Waals surface area contributed by atoms with E-state index in [-0.39, 0.29) is 17.0 Å². The molecule has 0 amide bonds. The lowest BCUT2D eigenvalue weighted by molar-refractivity contribution is -0.385. The summed E-state index contributed by atoms with van der Waals surface area (Å²) in [5.41, 5.74) is 0.352. The van der Waals surface area contributed by atoms with Gasteiger partial charge in [0.25, 0.3) is 5.69 Å². The number of non-ortho nitro benzene ring substituents is 1. The lowest BCUT2D eigenvalue weighted by Crippen LogP contribution is -1.99. The average Bonchev–Trinajstić information content (AvgIpc) is 2.42. The standard InChI is InChI=1S/C14H10FNO4S/c15-12-8-10(16(19)20)3-6-13(12)21-11-4-1-9(2-5-11)7-14(17)18/h1-6,8H,7H2,(H,17,18). The summed E-state index contributed by atoms with van der Waals surface area (Å²) < 4.78 is 13.7. The van der Waals surface area contributed by atoms with Crippen molar-refractivity contribution in [2.45, 2.75) is 16.2 Å². The van der Waals surface area contributed by atoms with Crippen molar-refractivity contribution in [3.05, 3.63) is 64.0 Å². The summed E-state index contributed by atoms with van der Waals surface area (Å²) in [4.78, 5) is 21.4. The molecule has 21 heavy (non-hydrogen) atoms. The molecular formula is C14H10FNO4S. The second-order valence-corrected chi connectivity index (χ2v) is 5.30. The number of hydrogen-bond donors (Lipinski definition) is 1. The van der Waals surface area contributed by atoms with Crippen LogP contribution in [0.5, 0.6) is 0 Å². The molecule has 0 saturated heterocycles. The van der Waals surface area contributed by atoms with Crippen molar-refractivity contribution < 1.29 is 19.2 Å². The number of benzene rings is 2. The van der Waals surface area contributed by atoms with Gasteiger partial charge < -0.3 is 5.11 Å². The van der Waals surface area contributed by atoms with Crippen LogP contribution in [0.15, 0.2) is 52.3 Å². The van der Waals surface area contributed by atoms with Crippen molar-refractivity contribution in [2.24, 2.45) is 0 Å². The van der Waals surface area contributed by atoms with E-state index in [2.05, 4.69) is 0 Å². The second kappa shape index (κ2) is 6.36. The molecule has 0 atom stereocenters. The third-order valence-corrected chi connectivity index (χ3v) is 3.69. The first kappa shape index (κ1) is 15.0. The lowest BCUT2D eigenvalue weighted by Gasteiger charge is -2.04. The van der Waals surface area contributed by atoms with Crippen LogP contribution in [-0.4, -0.2) is 16.0 Å². The van der Waals surface area contributed by atoms with Crippen LogP contribution >= 0.6 is 11.8 Å². The summed E-state index contributed by atoms with van der Waals surface area (Å²) in [7, 11) is 0. The Morgan fingerprint density at radius 3 is 2.43 bits per heavy atom. The van der Waals surface area contributed by atoms with Crippen LogP contribution in [0.1, 0.15) is 5.56 Å². The Morgan fingerprint density at radius 2 is 1.90 bits per heavy atom. The Hall–Kier alpha value is -2.41. The van der Waals surface area contributed by atoms with Gasteiger partial charge in [0.2, 0.25) is 0 Å². The number of carboxylic acids is 1. The molecule has 2 aromatic rings. The maximum Gasteiger partial charge on any atom is 0.307 e. The predicted octanol–water partition coefficient (Wildman–Crippen LogP) is 3.51. The normalized spacial score (nSPS) is 10.3. The number of nitro groups is 1. The van der Waals surface area contributed by atoms with E-state index in [4.69, 9.17) is 5.11 Å². The molecule has 0 bridgehead atoms. The number of carbonyl (C=O) groups is 1. The van der Waals surface area contributed by atoms with Gasteiger partial charge >= 0.3 is 5.97 Å². The van der Waals surface area contributed by atoms with Gasteiger partial charge in [-0.2, -0.15) is 0 Å². The number of aliphatic carboxylic acids is 1. The van der Waals surface area contributed by atoms with Gasteiger partial charge in [0.05, 0.1) is 17.4 Å². The monoisotopic (exact) mass is 307 g/mol. The van der Waals surface area contributed by atoms with Gasteiger partial charge in [0.15, 0.2) is 0 Å². The summed E-state index contributed by atoms with van der Waals surface area (Å²) in [6, 6.07) is 10.1. The highest BCUT2D eigenvalue weighted by Crippen LogP contribution is 2.31. The van der Waals surface area contributed by atoms with Gasteiger partial charge in [-0.25, -0.2) is 4.39 Å². The number of nitro benzene ring substituents is 1. The molecule has 0 fully saturated rings. The molecule has 0 unspecified atom stereocenters. The third-order valence-electron chi connectivity index (χ3n) is 2.63. The summed E-state index contributed by atoms with van der Waals surface area (Å²) >= 11 is 1.12. The molecular weight excluding hydrogens is 297 g/mol. The van der Waals surface area contributed by atoms with Crippen LogP contribution in [0.25, 0.3) is 0 Å². The van der Waals surface area contributed by atoms with Crippen molar-refractivity contribution >= 4 is 23.4 Å². The molecule has 108 valence electrons. The minimum Gasteiger partial charge on any atom is -0.481 e. The van der Waals surface area contributed by atoms with Gasteiger partial charge in [-0.15, -0.1) is 0 Å². The number of carboxylic acid groups (broad SMARTS) is 1. The smallest absolute Gasteiger partial charge is 0.307 e. The molecule has 0 heterocycles. The molecule has 0 spiro atoms. The molecule has 0 aliphatic heterocycles. The maximum absolute atomic E-state index is 13.7. The van der Waals surface area contributed by atoms with Crippen molar-refractivity contribution in [3.8, 4) is 0 Å². The van der Waals surface area contributed by atoms with Crippen LogP contribution < -0.4 is 0 Å². The Bertz CT molecular complexity index is 688. The molecule has 5 nitrogen and oxygen atoms in total. The van der Waals surface area contributed by atoms with Crippen LogP contribution in [0.2, 0.25) is 0 Å². The van der Waals surface area contributed by atoms with Crippen LogP contribution in [-0.2, 0) is 11.2 Å². The molecule has 0 saturated carbocycles. The summed E-state index contributed by atoms with van der Waals surface area (Å²) in [6.45, 7) is 0. The molecule has 0 aliphatic rings. The van der Waals surface area contributed by atoms with Gasteiger partial charge in [0.1, 0.15) is 5.82 Å². The highest BCUT2D eigenvalue weighted by Gasteiger charge is 2.11. The Labute approximate surface area is 123 Å². The van der Waals surface area contributed by atoms with Gasteiger partial charge in [0, 0.05) is 15.9 Å². The number of hydrogen-bond acceptors (Lipinski definition) is 4. The SMILES string of the molecule is O=C(O)Cc1ccc(Sc2ccc([N+](=O)[O-])cc2F)cc1. The van der Waals surface area contributed by atoms with Gasteiger partial charge in [-0.3, -0.25) is 14.9 Å². The average molecular weight is 307 g/mol. The summed E-state index contributed by atoms with van der Waals surface area (Å²) in [5, 5.41) is 19.2. The first-order chi connectivity index (χ1) is 9.95. The number of nitrogens with zero attached hydrogens (tertiary/aromatic N) is 1. The molecule has 0 aliphatic carbocycles. The Kier molecular flexibility index (Phi) is 4.54. The van der Waals surface area contributed by atoms with E-state index >= 15 is 0 Å². The van der Waals surface area contributed by atoms with E-state index in [1.807, 2.05) is 0 Å². The molecule has 2 rings (SSSR count). The van der Waals surface area contributed by atoms with E-state index in [0.29, 0.717) is 5.56 Å². The van der Waals surface area contributed by atoms with E-state index in [1.54, 1.807) is 24.3 Å². The second-order valence-electron chi connectivity index (χ2n) is 4.19. The Balaban J connectivity index is 2.14. The minimum atomic E-state index is -0.920. The molecule has 7 heteroatoms. The lowest BCUT2D eigenvalue weighted by atomic mass is 10.2. The highest BCUT2D eigenvalue weighted by molar-refractivity contribution is 7.99. The molecule has 0 radical (unpaired) electrons. The summed E-state index contributed by atoms with van der Waals surface area (Å²) in [6.07, 6.45) is -0.0726. The zero-order chi connectivity index (χ0) is 15.4. The van der Waals surface area contributed by atoms with E-state index in [0.717, 1.165) is 22.7 Å². The first-order valence-corrected chi connectivity index (χ1v) is 6.70. The Morgan fingerprint density at radius 1 is 1.24 bits per heavy atom. The quantitative estimate of drug-likeness (QED) is 0.675. The highest BCUT2D eigenvalue weighted by atomic mass is 32.2. The minimum absolute atomic E-state index is 0.0726. The topological polar surface area (TPSA) is 80.4 Å². The van der Waals surface area contributed by atoms with E-state index in [9.17, 15) is 19.3 Å². The number of rotatable bonds is 5. The van der Waals surface area contributed by atoms with Crippen LogP contribution in [0.3, 0.4) is 0 Å². The van der Waals surface area contributed by atoms with Crippen molar-refractivity contribution in [1.29, 1.82) is 0 Å². The molecule has 2 aromatic carbocycles. The molecule has 0 aromatic heterocycles. The van der Waals surface area contributed by atoms with Gasteiger partial charge in [-0.05, 0) is 23.8 Å². The fourth-order valence-electron chi connectivity index (χ4n) is 1.66. The maximum atomic E-state index is 13.7. The van der Waals surface area contributed by atoms with Crippen molar-refractivity contribution in [1.82, 2.24) is 0 Å². The molecule has 1 N–H and O–H groups in total. The first-order valence-electron chi connectivity index (χ1n) is 5.88. The fourth-order valence-corrected chi connectivity index (χ4v) is 2.48. The van der Waals surface area contributed by atoms with Gasteiger partial charge in [-0.1, -0.05) is 23.9 Å². The van der Waals surface area contributed by atoms with Crippen LogP contribution in [0, 0.1) is 15.9 Å². The third kappa shape index (κ3) is 4.03. The van der Waals surface area contributed by atoms with E-state index < -0.39 is 16.7 Å². The fraction of sp³-hybridized carbons (Fsp3) is 0.0714. The zero-order valence-corrected chi connectivity index (χ0v) is 11.5. The van der Waals surface area contributed by atoms with E-state index in [1.165, 1.54) is 12.1 Å². The van der Waals surface area contributed by atoms with Crippen molar-refractivity contribution in [2.75, 3.05) is 0 Å². The predicted molar refractivity (Wildman–Crippen MR) is 75.0 cm³/mol. The van der Waals surface area contributed by atoms with Crippen LogP contribution in [0.4, 0.5) is 10.1 Å². The summed E-state index contributed by atoms with van der Waals surface area (Å²) in [5.74, 6) is -1.58. The zero-order valence-electron chi connectivity index (χ0n) is 10.7. The largest absolute Gasteiger partial charge is 0.481 e. The van der Waals surface area contributed by atoms with Crippen molar-refractivity contribution in [3.63, 3.8) is 0 Å². The number of halogens is 1.